The molecule has 0 aliphatic rings. The van der Waals surface area contributed by atoms with Gasteiger partial charge in [0.2, 0.25) is 0 Å². The number of carbonyl (C=O) groups is 1. The van der Waals surface area contributed by atoms with E-state index >= 15 is 0 Å². The highest BCUT2D eigenvalue weighted by Gasteiger charge is 2.08. The van der Waals surface area contributed by atoms with Gasteiger partial charge in [-0.2, -0.15) is 0 Å². The predicted octanol–water partition coefficient (Wildman–Crippen LogP) is 1.36. The number of nitrogens with one attached hydrogen (secondary N) is 1. The van der Waals surface area contributed by atoms with Gasteiger partial charge in [-0.15, -0.1) is 0 Å². The number of nitrogens with zero attached hydrogens (tertiary/aromatic N) is 2. The molecule has 17 heavy (non-hydrogen) atoms. The first kappa shape index (κ1) is 11.2. The number of benzene rings is 1. The third-order valence-electron chi connectivity index (χ3n) is 2.44. The maximum absolute atomic E-state index is 11.7. The van der Waals surface area contributed by atoms with Crippen molar-refractivity contribution in [2.24, 2.45) is 0 Å². The average molecular weight is 230 g/mol. The van der Waals surface area contributed by atoms with E-state index in [0.717, 1.165) is 11.3 Å². The summed E-state index contributed by atoms with van der Waals surface area (Å²) in [6.07, 6.45) is 1.66. The second-order valence-electron chi connectivity index (χ2n) is 3.96. The van der Waals surface area contributed by atoms with Crippen LogP contribution < -0.4 is 5.73 Å². The number of nitrogen functional groups attached to an aromatic ring is 1. The van der Waals surface area contributed by atoms with E-state index in [1.54, 1.807) is 37.3 Å². The van der Waals surface area contributed by atoms with Crippen LogP contribution in [-0.2, 0) is 0 Å². The number of rotatable bonds is 2. The van der Waals surface area contributed by atoms with Gasteiger partial charge in [-0.25, -0.2) is 4.98 Å². The van der Waals surface area contributed by atoms with Gasteiger partial charge in [-0.1, -0.05) is 12.1 Å². The second kappa shape index (κ2) is 4.29. The van der Waals surface area contributed by atoms with E-state index in [1.807, 2.05) is 12.1 Å². The summed E-state index contributed by atoms with van der Waals surface area (Å²) in [6.45, 7) is 0. The van der Waals surface area contributed by atoms with Crippen molar-refractivity contribution >= 4 is 11.9 Å². The molecule has 1 heterocycles. The van der Waals surface area contributed by atoms with Gasteiger partial charge in [-0.3, -0.25) is 4.79 Å². The largest absolute Gasteiger partial charge is 0.369 e. The van der Waals surface area contributed by atoms with E-state index in [-0.39, 0.29) is 5.91 Å². The Hall–Kier alpha value is -2.30. The summed E-state index contributed by atoms with van der Waals surface area (Å²) in [6, 6.07) is 7.30. The number of carbonyl (C=O) groups excluding carboxylic acids is 1. The van der Waals surface area contributed by atoms with Crippen LogP contribution in [0.4, 0.5) is 5.95 Å². The first-order chi connectivity index (χ1) is 8.08. The third kappa shape index (κ3) is 2.28. The van der Waals surface area contributed by atoms with Crippen LogP contribution in [-0.4, -0.2) is 34.9 Å². The van der Waals surface area contributed by atoms with Gasteiger partial charge in [0.15, 0.2) is 5.95 Å². The van der Waals surface area contributed by atoms with E-state index in [2.05, 4.69) is 9.97 Å². The number of aromatic nitrogens is 2. The predicted molar refractivity (Wildman–Crippen MR) is 66.5 cm³/mol. The van der Waals surface area contributed by atoms with Crippen LogP contribution in [0.1, 0.15) is 10.4 Å². The second-order valence-corrected chi connectivity index (χ2v) is 3.96. The third-order valence-corrected chi connectivity index (χ3v) is 2.44. The van der Waals surface area contributed by atoms with Gasteiger partial charge in [0.1, 0.15) is 0 Å². The lowest BCUT2D eigenvalue weighted by atomic mass is 10.1. The molecule has 0 saturated carbocycles. The standard InChI is InChI=1S/C12H14N4O/c1-16(2)11(17)9-5-3-8(4-6-9)10-7-14-12(13)15-10/h3-7H,1-2H3,(H3,13,14,15). The Labute approximate surface area is 99.3 Å². The van der Waals surface area contributed by atoms with Crippen molar-refractivity contribution in [3.8, 4) is 11.3 Å². The fourth-order valence-electron chi connectivity index (χ4n) is 1.53. The summed E-state index contributed by atoms with van der Waals surface area (Å²) in [7, 11) is 3.46. The van der Waals surface area contributed by atoms with E-state index in [9.17, 15) is 4.79 Å². The van der Waals surface area contributed by atoms with Crippen molar-refractivity contribution in [1.29, 1.82) is 0 Å². The van der Waals surface area contributed by atoms with Gasteiger partial charge < -0.3 is 15.6 Å². The molecule has 2 rings (SSSR count). The number of imidazole rings is 1. The molecule has 0 aliphatic heterocycles. The molecule has 0 saturated heterocycles. The average Bonchev–Trinajstić information content (AvgIpc) is 2.75. The Morgan fingerprint density at radius 2 is 1.94 bits per heavy atom. The lowest BCUT2D eigenvalue weighted by Gasteiger charge is -2.10. The smallest absolute Gasteiger partial charge is 0.253 e. The number of aromatic amines is 1. The van der Waals surface area contributed by atoms with Crippen LogP contribution in [0.5, 0.6) is 0 Å². The molecular weight excluding hydrogens is 216 g/mol. The summed E-state index contributed by atoms with van der Waals surface area (Å²) in [5.41, 5.74) is 7.95. The fourth-order valence-corrected chi connectivity index (χ4v) is 1.53. The SMILES string of the molecule is CN(C)C(=O)c1ccc(-c2cnc(N)[nH]2)cc1. The summed E-state index contributed by atoms with van der Waals surface area (Å²) in [5.74, 6) is 0.370. The van der Waals surface area contributed by atoms with E-state index in [1.165, 1.54) is 0 Å². The van der Waals surface area contributed by atoms with Crippen LogP contribution in [0.2, 0.25) is 0 Å². The number of amides is 1. The molecule has 1 amide bonds. The van der Waals surface area contributed by atoms with Crippen LogP contribution in [0, 0.1) is 0 Å². The summed E-state index contributed by atoms with van der Waals surface area (Å²) >= 11 is 0. The van der Waals surface area contributed by atoms with Crippen LogP contribution in [0.25, 0.3) is 11.3 Å². The van der Waals surface area contributed by atoms with Crippen LogP contribution in [0.15, 0.2) is 30.5 Å². The molecule has 0 atom stereocenters. The van der Waals surface area contributed by atoms with Crippen molar-refractivity contribution in [3.63, 3.8) is 0 Å². The molecule has 88 valence electrons. The Kier molecular flexibility index (Phi) is 2.82. The van der Waals surface area contributed by atoms with Crippen molar-refractivity contribution in [3.05, 3.63) is 36.0 Å². The molecule has 0 spiro atoms. The van der Waals surface area contributed by atoms with Crippen LogP contribution >= 0.6 is 0 Å². The Morgan fingerprint density at radius 3 is 2.41 bits per heavy atom. The van der Waals surface area contributed by atoms with Gasteiger partial charge in [0.25, 0.3) is 5.91 Å². The van der Waals surface area contributed by atoms with E-state index in [0.29, 0.717) is 11.5 Å². The monoisotopic (exact) mass is 230 g/mol. The first-order valence-corrected chi connectivity index (χ1v) is 5.20. The maximum Gasteiger partial charge on any atom is 0.253 e. The Morgan fingerprint density at radius 1 is 1.29 bits per heavy atom. The summed E-state index contributed by atoms with van der Waals surface area (Å²) in [5, 5.41) is 0. The number of nitrogens with two attached hydrogens (primary N) is 1. The zero-order valence-electron chi connectivity index (χ0n) is 9.77. The number of H-pyrrole nitrogens is 1. The van der Waals surface area contributed by atoms with Crippen molar-refractivity contribution in [1.82, 2.24) is 14.9 Å². The fraction of sp³-hybridized carbons (Fsp3) is 0.167. The van der Waals surface area contributed by atoms with Crippen molar-refractivity contribution in [2.75, 3.05) is 19.8 Å². The molecule has 0 fully saturated rings. The molecule has 0 radical (unpaired) electrons. The van der Waals surface area contributed by atoms with Gasteiger partial charge >= 0.3 is 0 Å². The Balaban J connectivity index is 2.27. The number of hydrogen-bond donors (Lipinski definition) is 2. The molecule has 0 aliphatic carbocycles. The molecule has 3 N–H and O–H groups in total. The van der Waals surface area contributed by atoms with Crippen molar-refractivity contribution in [2.45, 2.75) is 0 Å². The minimum atomic E-state index is -0.0133. The first-order valence-electron chi connectivity index (χ1n) is 5.20. The number of hydrogen-bond acceptors (Lipinski definition) is 3. The lowest BCUT2D eigenvalue weighted by Crippen LogP contribution is -2.21. The quantitative estimate of drug-likeness (QED) is 0.818. The lowest BCUT2D eigenvalue weighted by molar-refractivity contribution is 0.0827. The highest BCUT2D eigenvalue weighted by atomic mass is 16.2. The molecule has 0 unspecified atom stereocenters. The number of anilines is 1. The van der Waals surface area contributed by atoms with Gasteiger partial charge in [0.05, 0.1) is 11.9 Å². The summed E-state index contributed by atoms with van der Waals surface area (Å²) < 4.78 is 0. The molecule has 2 aromatic rings. The molecule has 1 aromatic carbocycles. The Bertz CT molecular complexity index is 528. The maximum atomic E-state index is 11.7. The zero-order valence-corrected chi connectivity index (χ0v) is 9.77. The van der Waals surface area contributed by atoms with Crippen molar-refractivity contribution < 1.29 is 4.79 Å². The summed E-state index contributed by atoms with van der Waals surface area (Å²) in [4.78, 5) is 20.1. The van der Waals surface area contributed by atoms with Gasteiger partial charge in [0, 0.05) is 19.7 Å². The highest BCUT2D eigenvalue weighted by molar-refractivity contribution is 5.94. The zero-order chi connectivity index (χ0) is 12.4. The molecular formula is C12H14N4O. The topological polar surface area (TPSA) is 75.0 Å². The molecule has 5 nitrogen and oxygen atoms in total. The molecule has 0 bridgehead atoms. The molecule has 5 heteroatoms. The normalized spacial score (nSPS) is 10.2. The van der Waals surface area contributed by atoms with E-state index < -0.39 is 0 Å². The van der Waals surface area contributed by atoms with Crippen LogP contribution in [0.3, 0.4) is 0 Å². The van der Waals surface area contributed by atoms with Gasteiger partial charge in [-0.05, 0) is 17.7 Å². The van der Waals surface area contributed by atoms with E-state index in [4.69, 9.17) is 5.73 Å². The minimum Gasteiger partial charge on any atom is -0.369 e. The molecule has 1 aromatic heterocycles. The highest BCUT2D eigenvalue weighted by Crippen LogP contribution is 2.18. The minimum absolute atomic E-state index is 0.0133.